The molecule has 1 aromatic rings. The van der Waals surface area contributed by atoms with E-state index in [0.717, 1.165) is 50.6 Å². The van der Waals surface area contributed by atoms with Crippen LogP contribution in [0, 0.1) is 5.92 Å². The van der Waals surface area contributed by atoms with E-state index in [1.807, 2.05) is 4.90 Å². The molecule has 1 N–H and O–H groups in total. The zero-order valence-corrected chi connectivity index (χ0v) is 16.6. The van der Waals surface area contributed by atoms with Crippen molar-refractivity contribution in [1.29, 1.82) is 0 Å². The van der Waals surface area contributed by atoms with E-state index < -0.39 is 10.0 Å². The third kappa shape index (κ3) is 5.11. The first-order valence-electron chi connectivity index (χ1n) is 9.61. The Morgan fingerprint density at radius 2 is 2.00 bits per heavy atom. The van der Waals surface area contributed by atoms with Crippen molar-refractivity contribution in [2.75, 3.05) is 26.7 Å². The molecule has 6 nitrogen and oxygen atoms in total. The van der Waals surface area contributed by atoms with Gasteiger partial charge in [0.05, 0.1) is 12.0 Å². The highest BCUT2D eigenvalue weighted by molar-refractivity contribution is 7.89. The summed E-state index contributed by atoms with van der Waals surface area (Å²) in [6.07, 6.45) is 8.00. The topological polar surface area (TPSA) is 75.7 Å². The zero-order chi connectivity index (χ0) is 19.3. The van der Waals surface area contributed by atoms with Crippen molar-refractivity contribution in [2.24, 2.45) is 5.92 Å². The molecule has 0 saturated carbocycles. The number of rotatable bonds is 6. The molecule has 0 unspecified atom stereocenters. The third-order valence-electron chi connectivity index (χ3n) is 5.30. The van der Waals surface area contributed by atoms with E-state index in [9.17, 15) is 13.2 Å². The van der Waals surface area contributed by atoms with Crippen LogP contribution < -0.4 is 9.46 Å². The van der Waals surface area contributed by atoms with E-state index in [1.54, 1.807) is 19.2 Å². The molecule has 7 heteroatoms. The van der Waals surface area contributed by atoms with Crippen LogP contribution in [0.25, 0.3) is 0 Å². The number of carbonyl (C=O) groups is 1. The monoisotopic (exact) mass is 392 g/mol. The Balaban J connectivity index is 1.57. The van der Waals surface area contributed by atoms with E-state index in [0.29, 0.717) is 18.8 Å². The number of ether oxygens (including phenoxy) is 1. The van der Waals surface area contributed by atoms with Crippen LogP contribution in [0.4, 0.5) is 0 Å². The number of hydrogen-bond acceptors (Lipinski definition) is 4. The second-order valence-corrected chi connectivity index (χ2v) is 9.03. The van der Waals surface area contributed by atoms with Gasteiger partial charge in [-0.05, 0) is 68.7 Å². The third-order valence-corrected chi connectivity index (χ3v) is 6.74. The van der Waals surface area contributed by atoms with Crippen molar-refractivity contribution in [2.45, 2.75) is 43.4 Å². The molecule has 148 valence electrons. The minimum absolute atomic E-state index is 0.136. The molecule has 1 amide bonds. The van der Waals surface area contributed by atoms with Gasteiger partial charge in [-0.2, -0.15) is 0 Å². The average molecular weight is 393 g/mol. The SMILES string of the molecule is COc1ccc(S(=O)(=O)NC[C@H]2CCCN(C(=O)C3=CCCCC3)C2)cc1. The number of nitrogens with zero attached hydrogens (tertiary/aromatic N) is 1. The van der Waals surface area contributed by atoms with Crippen LogP contribution in [0.1, 0.15) is 38.5 Å². The van der Waals surface area contributed by atoms with Crippen molar-refractivity contribution < 1.29 is 17.9 Å². The molecule has 0 bridgehead atoms. The highest BCUT2D eigenvalue weighted by Crippen LogP contribution is 2.23. The summed E-state index contributed by atoms with van der Waals surface area (Å²) in [6.45, 7) is 1.72. The lowest BCUT2D eigenvalue weighted by molar-refractivity contribution is -0.129. The van der Waals surface area contributed by atoms with Crippen molar-refractivity contribution in [3.05, 3.63) is 35.9 Å². The summed E-state index contributed by atoms with van der Waals surface area (Å²) in [5.74, 6) is 0.893. The molecule has 2 aliphatic rings. The summed E-state index contributed by atoms with van der Waals surface area (Å²) < 4.78 is 32.8. The lowest BCUT2D eigenvalue weighted by Crippen LogP contribution is -2.44. The largest absolute Gasteiger partial charge is 0.497 e. The highest BCUT2D eigenvalue weighted by Gasteiger charge is 2.27. The molecule has 1 aromatic carbocycles. The van der Waals surface area contributed by atoms with Gasteiger partial charge >= 0.3 is 0 Å². The molecule has 1 fully saturated rings. The second kappa shape index (κ2) is 8.89. The maximum atomic E-state index is 12.7. The van der Waals surface area contributed by atoms with Crippen LogP contribution in [-0.2, 0) is 14.8 Å². The summed E-state index contributed by atoms with van der Waals surface area (Å²) in [6, 6.07) is 6.34. The van der Waals surface area contributed by atoms with Crippen LogP contribution in [0.15, 0.2) is 40.8 Å². The number of nitrogens with one attached hydrogen (secondary N) is 1. The van der Waals surface area contributed by atoms with Gasteiger partial charge in [0, 0.05) is 25.2 Å². The van der Waals surface area contributed by atoms with Crippen LogP contribution in [-0.4, -0.2) is 46.0 Å². The molecule has 27 heavy (non-hydrogen) atoms. The van der Waals surface area contributed by atoms with Crippen molar-refractivity contribution in [3.8, 4) is 5.75 Å². The molecular weight excluding hydrogens is 364 g/mol. The fourth-order valence-corrected chi connectivity index (χ4v) is 4.83. The molecule has 1 saturated heterocycles. The Labute approximate surface area is 161 Å². The van der Waals surface area contributed by atoms with E-state index in [1.165, 1.54) is 12.1 Å². The fraction of sp³-hybridized carbons (Fsp3) is 0.550. The number of methoxy groups -OCH3 is 1. The fourth-order valence-electron chi connectivity index (χ4n) is 3.72. The smallest absolute Gasteiger partial charge is 0.249 e. The summed E-state index contributed by atoms with van der Waals surface area (Å²) in [5.41, 5.74) is 0.931. The van der Waals surface area contributed by atoms with E-state index in [4.69, 9.17) is 4.74 Å². The molecule has 1 aliphatic heterocycles. The van der Waals surface area contributed by atoms with Crippen LogP contribution in [0.5, 0.6) is 5.75 Å². The minimum atomic E-state index is -3.56. The summed E-state index contributed by atoms with van der Waals surface area (Å²) in [5, 5.41) is 0. The molecule has 0 radical (unpaired) electrons. The van der Waals surface area contributed by atoms with Gasteiger partial charge in [-0.1, -0.05) is 6.08 Å². The Hall–Kier alpha value is -1.86. The van der Waals surface area contributed by atoms with E-state index in [2.05, 4.69) is 10.8 Å². The molecule has 3 rings (SSSR count). The Kier molecular flexibility index (Phi) is 6.55. The maximum absolute atomic E-state index is 12.7. The lowest BCUT2D eigenvalue weighted by Gasteiger charge is -2.34. The normalized spacial score (nSPS) is 20.9. The van der Waals surface area contributed by atoms with Gasteiger partial charge in [-0.15, -0.1) is 0 Å². The van der Waals surface area contributed by atoms with E-state index in [-0.39, 0.29) is 16.7 Å². The van der Waals surface area contributed by atoms with Gasteiger partial charge in [0.15, 0.2) is 0 Å². The van der Waals surface area contributed by atoms with Crippen LogP contribution >= 0.6 is 0 Å². The maximum Gasteiger partial charge on any atom is 0.249 e. The van der Waals surface area contributed by atoms with Gasteiger partial charge in [-0.3, -0.25) is 4.79 Å². The summed E-state index contributed by atoms with van der Waals surface area (Å²) >= 11 is 0. The number of sulfonamides is 1. The van der Waals surface area contributed by atoms with E-state index >= 15 is 0 Å². The molecular formula is C20H28N2O4S. The number of amides is 1. The molecule has 0 aromatic heterocycles. The Morgan fingerprint density at radius 1 is 1.22 bits per heavy atom. The summed E-state index contributed by atoms with van der Waals surface area (Å²) in [7, 11) is -2.02. The van der Waals surface area contributed by atoms with Gasteiger partial charge in [0.2, 0.25) is 15.9 Å². The standard InChI is InChI=1S/C20H28N2O4S/c1-26-18-9-11-19(12-10-18)27(24,25)21-14-16-6-5-13-22(15-16)20(23)17-7-3-2-4-8-17/h7,9-12,16,21H,2-6,8,13-15H2,1H3/t16-/m1/s1. The number of benzene rings is 1. The molecule has 1 heterocycles. The Bertz CT molecular complexity index is 787. The molecule has 0 spiro atoms. The Morgan fingerprint density at radius 3 is 2.67 bits per heavy atom. The summed E-state index contributed by atoms with van der Waals surface area (Å²) in [4.78, 5) is 14.8. The van der Waals surface area contributed by atoms with Gasteiger partial charge in [0.25, 0.3) is 0 Å². The molecule has 1 aliphatic carbocycles. The second-order valence-electron chi connectivity index (χ2n) is 7.26. The number of carbonyl (C=O) groups excluding carboxylic acids is 1. The number of piperidine rings is 1. The van der Waals surface area contributed by atoms with Crippen molar-refractivity contribution in [3.63, 3.8) is 0 Å². The zero-order valence-electron chi connectivity index (χ0n) is 15.8. The highest BCUT2D eigenvalue weighted by atomic mass is 32.2. The quantitative estimate of drug-likeness (QED) is 0.808. The first kappa shape index (κ1) is 19.9. The average Bonchev–Trinajstić information content (AvgIpc) is 2.72. The van der Waals surface area contributed by atoms with Crippen LogP contribution in [0.2, 0.25) is 0 Å². The predicted molar refractivity (Wildman–Crippen MR) is 104 cm³/mol. The molecule has 1 atom stereocenters. The predicted octanol–water partition coefficient (Wildman–Crippen LogP) is 2.71. The number of likely N-dealkylation sites (tertiary alicyclic amines) is 1. The van der Waals surface area contributed by atoms with Gasteiger partial charge in [0.1, 0.15) is 5.75 Å². The lowest BCUT2D eigenvalue weighted by atomic mass is 9.95. The van der Waals surface area contributed by atoms with Crippen molar-refractivity contribution in [1.82, 2.24) is 9.62 Å². The van der Waals surface area contributed by atoms with Crippen molar-refractivity contribution >= 4 is 15.9 Å². The van der Waals surface area contributed by atoms with Gasteiger partial charge < -0.3 is 9.64 Å². The van der Waals surface area contributed by atoms with Crippen LogP contribution in [0.3, 0.4) is 0 Å². The number of hydrogen-bond donors (Lipinski definition) is 1. The van der Waals surface area contributed by atoms with Gasteiger partial charge in [-0.25, -0.2) is 13.1 Å². The first-order valence-corrected chi connectivity index (χ1v) is 11.1. The number of allylic oxidation sites excluding steroid dienone is 1. The minimum Gasteiger partial charge on any atom is -0.497 e. The first-order chi connectivity index (χ1) is 13.0.